The van der Waals surface area contributed by atoms with Crippen LogP contribution >= 0.6 is 27.7 Å². The van der Waals surface area contributed by atoms with Crippen LogP contribution in [-0.4, -0.2) is 46.8 Å². The van der Waals surface area contributed by atoms with Gasteiger partial charge in [-0.05, 0) is 96.5 Å². The van der Waals surface area contributed by atoms with Gasteiger partial charge in [0.1, 0.15) is 0 Å². The van der Waals surface area contributed by atoms with Crippen molar-refractivity contribution in [1.29, 1.82) is 0 Å². The lowest BCUT2D eigenvalue weighted by Gasteiger charge is -2.17. The van der Waals surface area contributed by atoms with Gasteiger partial charge in [0, 0.05) is 7.05 Å². The highest BCUT2D eigenvalue weighted by molar-refractivity contribution is 9.10. The van der Waals surface area contributed by atoms with Gasteiger partial charge in [0.15, 0.2) is 16.7 Å². The highest BCUT2D eigenvalue weighted by atomic mass is 79.9. The van der Waals surface area contributed by atoms with E-state index in [1.54, 1.807) is 25.3 Å². The maximum atomic E-state index is 12.8. The molecule has 1 saturated heterocycles. The summed E-state index contributed by atoms with van der Waals surface area (Å²) in [7, 11) is 1.65. The van der Waals surface area contributed by atoms with Crippen molar-refractivity contribution in [2.45, 2.75) is 26.9 Å². The average molecular weight is 519 g/mol. The summed E-state index contributed by atoms with van der Waals surface area (Å²) in [6.07, 6.45) is 1.77. The number of halogens is 1. The number of carbonyl (C=O) groups is 2. The Labute approximate surface area is 199 Å². The largest absolute Gasteiger partial charge is 0.490 e. The van der Waals surface area contributed by atoms with Gasteiger partial charge in [0.05, 0.1) is 33.3 Å². The van der Waals surface area contributed by atoms with Crippen molar-refractivity contribution >= 4 is 56.5 Å². The van der Waals surface area contributed by atoms with Gasteiger partial charge in [0.25, 0.3) is 5.91 Å². The number of benzene rings is 2. The minimum atomic E-state index is -1.00. The zero-order chi connectivity index (χ0) is 23.4. The molecule has 1 aliphatic rings. The Balaban J connectivity index is 1.90. The lowest BCUT2D eigenvalue weighted by atomic mass is 10.1. The number of rotatable bonds is 7. The van der Waals surface area contributed by atoms with E-state index in [9.17, 15) is 9.59 Å². The van der Waals surface area contributed by atoms with Gasteiger partial charge < -0.3 is 14.6 Å². The predicted molar refractivity (Wildman–Crippen MR) is 130 cm³/mol. The van der Waals surface area contributed by atoms with E-state index >= 15 is 0 Å². The van der Waals surface area contributed by atoms with E-state index in [2.05, 4.69) is 20.9 Å². The maximum Gasteiger partial charge on any atom is 0.335 e. The SMILES string of the molecule is CCOc1cc(/C=C2/SC(=Nc3ccc(C(=O)O)cc3)N(C)C2=O)cc(Br)c1OC(C)C. The van der Waals surface area contributed by atoms with E-state index < -0.39 is 5.97 Å². The zero-order valence-electron chi connectivity index (χ0n) is 18.1. The third kappa shape index (κ3) is 5.52. The minimum absolute atomic E-state index is 0.0151. The number of ether oxygens (including phenoxy) is 2. The van der Waals surface area contributed by atoms with Crippen molar-refractivity contribution in [2.24, 2.45) is 4.99 Å². The molecule has 32 heavy (non-hydrogen) atoms. The van der Waals surface area contributed by atoms with E-state index in [0.717, 1.165) is 10.0 Å². The van der Waals surface area contributed by atoms with Crippen molar-refractivity contribution in [3.63, 3.8) is 0 Å². The molecular formula is C23H23BrN2O5S. The second kappa shape index (κ2) is 10.2. The van der Waals surface area contributed by atoms with Gasteiger partial charge in [0.2, 0.25) is 0 Å². The Kier molecular flexibility index (Phi) is 7.63. The summed E-state index contributed by atoms with van der Waals surface area (Å²) in [6.45, 7) is 6.26. The topological polar surface area (TPSA) is 88.4 Å². The van der Waals surface area contributed by atoms with E-state index in [1.165, 1.54) is 28.8 Å². The number of thioether (sulfide) groups is 1. The van der Waals surface area contributed by atoms with Crippen LogP contribution in [0.25, 0.3) is 6.08 Å². The van der Waals surface area contributed by atoms with Crippen LogP contribution in [0.5, 0.6) is 11.5 Å². The van der Waals surface area contributed by atoms with E-state index in [1.807, 2.05) is 32.9 Å². The molecule has 1 amide bonds. The molecule has 2 aromatic rings. The summed E-state index contributed by atoms with van der Waals surface area (Å²) in [5.41, 5.74) is 1.53. The molecule has 0 unspecified atom stereocenters. The molecule has 3 rings (SSSR count). The molecule has 1 heterocycles. The minimum Gasteiger partial charge on any atom is -0.490 e. The first-order valence-corrected chi connectivity index (χ1v) is 11.5. The number of amidine groups is 1. The number of carboxylic acid groups (broad SMARTS) is 1. The van der Waals surface area contributed by atoms with Crippen molar-refractivity contribution in [1.82, 2.24) is 4.90 Å². The third-order valence-electron chi connectivity index (χ3n) is 4.33. The molecule has 168 valence electrons. The van der Waals surface area contributed by atoms with Gasteiger partial charge >= 0.3 is 5.97 Å². The quantitative estimate of drug-likeness (QED) is 0.482. The molecule has 1 aliphatic heterocycles. The van der Waals surface area contributed by atoms with Crippen molar-refractivity contribution in [2.75, 3.05) is 13.7 Å². The molecule has 2 aromatic carbocycles. The Morgan fingerprint density at radius 2 is 1.97 bits per heavy atom. The molecule has 7 nitrogen and oxygen atoms in total. The number of aliphatic imine (C=N–C) groups is 1. The smallest absolute Gasteiger partial charge is 0.335 e. The number of aromatic carboxylic acids is 1. The first-order valence-electron chi connectivity index (χ1n) is 9.92. The molecular weight excluding hydrogens is 496 g/mol. The average Bonchev–Trinajstić information content (AvgIpc) is 2.99. The second-order valence-corrected chi connectivity index (χ2v) is 9.01. The van der Waals surface area contributed by atoms with Crippen LogP contribution in [0.3, 0.4) is 0 Å². The fourth-order valence-electron chi connectivity index (χ4n) is 2.88. The Morgan fingerprint density at radius 3 is 2.56 bits per heavy atom. The Morgan fingerprint density at radius 1 is 1.28 bits per heavy atom. The van der Waals surface area contributed by atoms with Crippen LogP contribution in [-0.2, 0) is 4.79 Å². The van der Waals surface area contributed by atoms with E-state index in [0.29, 0.717) is 33.9 Å². The molecule has 9 heteroatoms. The molecule has 0 aromatic heterocycles. The summed E-state index contributed by atoms with van der Waals surface area (Å²) in [5.74, 6) is 0.0454. The number of amides is 1. The zero-order valence-corrected chi connectivity index (χ0v) is 20.5. The van der Waals surface area contributed by atoms with Crippen LogP contribution in [0.15, 0.2) is 50.8 Å². The number of hydrogen-bond donors (Lipinski definition) is 1. The fraction of sp³-hybridized carbons (Fsp3) is 0.261. The van der Waals surface area contributed by atoms with Crippen molar-refractivity contribution < 1.29 is 24.2 Å². The summed E-state index contributed by atoms with van der Waals surface area (Å²) < 4.78 is 12.4. The molecule has 0 bridgehead atoms. The highest BCUT2D eigenvalue weighted by Gasteiger charge is 2.30. The van der Waals surface area contributed by atoms with Crippen LogP contribution in [0.4, 0.5) is 5.69 Å². The van der Waals surface area contributed by atoms with Gasteiger partial charge in [-0.25, -0.2) is 9.79 Å². The molecule has 0 atom stereocenters. The standard InChI is InChI=1S/C23H23BrN2O5S/c1-5-30-18-11-14(10-17(24)20(18)31-13(2)3)12-19-21(27)26(4)23(32-19)25-16-8-6-15(7-9-16)22(28)29/h6-13H,5H2,1-4H3,(H,28,29)/b19-12+,25-23?. The molecule has 1 fully saturated rings. The number of carboxylic acids is 1. The Bertz CT molecular complexity index is 1100. The second-order valence-electron chi connectivity index (χ2n) is 7.15. The molecule has 1 N–H and O–H groups in total. The number of likely N-dealkylation sites (N-methyl/N-ethyl adjacent to an activating group) is 1. The lowest BCUT2D eigenvalue weighted by molar-refractivity contribution is -0.121. The summed E-state index contributed by atoms with van der Waals surface area (Å²) in [5, 5.41) is 9.53. The fourth-order valence-corrected chi connectivity index (χ4v) is 4.42. The molecule has 0 spiro atoms. The van der Waals surface area contributed by atoms with Gasteiger partial charge in [-0.2, -0.15) is 0 Å². The lowest BCUT2D eigenvalue weighted by Crippen LogP contribution is -2.23. The van der Waals surface area contributed by atoms with Gasteiger partial charge in [-0.3, -0.25) is 9.69 Å². The van der Waals surface area contributed by atoms with Crippen LogP contribution in [0, 0.1) is 0 Å². The molecule has 0 radical (unpaired) electrons. The Hall–Kier alpha value is -2.78. The van der Waals surface area contributed by atoms with Crippen molar-refractivity contribution in [3.8, 4) is 11.5 Å². The predicted octanol–water partition coefficient (Wildman–Crippen LogP) is 5.57. The number of hydrogen-bond acceptors (Lipinski definition) is 6. The summed E-state index contributed by atoms with van der Waals surface area (Å²) in [6, 6.07) is 9.89. The van der Waals surface area contributed by atoms with E-state index in [4.69, 9.17) is 14.6 Å². The van der Waals surface area contributed by atoms with Crippen molar-refractivity contribution in [3.05, 3.63) is 56.9 Å². The molecule has 0 aliphatic carbocycles. The van der Waals surface area contributed by atoms with Gasteiger partial charge in [-0.15, -0.1) is 0 Å². The van der Waals surface area contributed by atoms with Gasteiger partial charge in [-0.1, -0.05) is 0 Å². The normalized spacial score (nSPS) is 16.3. The monoisotopic (exact) mass is 518 g/mol. The first-order chi connectivity index (χ1) is 15.2. The number of nitrogens with zero attached hydrogens (tertiary/aromatic N) is 2. The molecule has 0 saturated carbocycles. The number of carbonyl (C=O) groups excluding carboxylic acids is 1. The summed E-state index contributed by atoms with van der Waals surface area (Å²) in [4.78, 5) is 30.3. The third-order valence-corrected chi connectivity index (χ3v) is 5.97. The first kappa shape index (κ1) is 23.9. The van der Waals surface area contributed by atoms with Crippen LogP contribution < -0.4 is 9.47 Å². The van der Waals surface area contributed by atoms with E-state index in [-0.39, 0.29) is 17.6 Å². The summed E-state index contributed by atoms with van der Waals surface area (Å²) >= 11 is 4.79. The highest BCUT2D eigenvalue weighted by Crippen LogP contribution is 2.40. The maximum absolute atomic E-state index is 12.8. The van der Waals surface area contributed by atoms with Crippen LogP contribution in [0.1, 0.15) is 36.7 Å². The van der Waals surface area contributed by atoms with Crippen LogP contribution in [0.2, 0.25) is 0 Å².